The normalized spacial score (nSPS) is 18.4. The lowest BCUT2D eigenvalue weighted by molar-refractivity contribution is -0.115. The van der Waals surface area contributed by atoms with E-state index in [-0.39, 0.29) is 11.9 Å². The quantitative estimate of drug-likeness (QED) is 0.560. The maximum atomic E-state index is 12.7. The number of rotatable bonds is 6. The van der Waals surface area contributed by atoms with Gasteiger partial charge in [-0.2, -0.15) is 0 Å². The third-order valence-electron chi connectivity index (χ3n) is 5.54. The predicted molar refractivity (Wildman–Crippen MR) is 125 cm³/mol. The number of hydrogen-bond acceptors (Lipinski definition) is 5. The molecule has 0 saturated carbocycles. The van der Waals surface area contributed by atoms with E-state index in [0.717, 1.165) is 56.0 Å². The molecule has 1 amide bonds. The fraction of sp³-hybridized carbons (Fsp3) is 0.458. The molecule has 160 valence electrons. The Kier molecular flexibility index (Phi) is 7.21. The van der Waals surface area contributed by atoms with Crippen LogP contribution >= 0.6 is 0 Å². The Hall–Kier alpha value is -2.73. The number of aryl methyl sites for hydroxylation is 1. The fourth-order valence-corrected chi connectivity index (χ4v) is 3.94. The minimum atomic E-state index is -0.127. The molecule has 0 aliphatic carbocycles. The summed E-state index contributed by atoms with van der Waals surface area (Å²) < 4.78 is 0. The zero-order chi connectivity index (χ0) is 21.7. The van der Waals surface area contributed by atoms with Crippen molar-refractivity contribution >= 4 is 23.5 Å². The second kappa shape index (κ2) is 9.85. The summed E-state index contributed by atoms with van der Waals surface area (Å²) in [5, 5.41) is 6.43. The van der Waals surface area contributed by atoms with Crippen LogP contribution in [-0.4, -0.2) is 43.5 Å². The van der Waals surface area contributed by atoms with Crippen molar-refractivity contribution in [2.24, 2.45) is 9.98 Å². The number of anilines is 1. The molecule has 0 bridgehead atoms. The monoisotopic (exact) mass is 407 g/mol. The molecule has 30 heavy (non-hydrogen) atoms. The van der Waals surface area contributed by atoms with Crippen LogP contribution in [-0.2, 0) is 11.2 Å². The first-order valence-corrected chi connectivity index (χ1v) is 10.7. The summed E-state index contributed by atoms with van der Waals surface area (Å²) in [5.74, 6) is 0.611. The third kappa shape index (κ3) is 5.05. The molecule has 2 heterocycles. The zero-order valence-corrected chi connectivity index (χ0v) is 18.6. The fourth-order valence-electron chi connectivity index (χ4n) is 3.94. The average molecular weight is 408 g/mol. The molecule has 3 rings (SSSR count). The summed E-state index contributed by atoms with van der Waals surface area (Å²) in [6.07, 6.45) is 4.61. The van der Waals surface area contributed by atoms with E-state index in [4.69, 9.17) is 4.99 Å². The number of carbonyl (C=O) groups excluding carboxylic acids is 1. The van der Waals surface area contributed by atoms with Crippen LogP contribution in [0.15, 0.2) is 51.9 Å². The Morgan fingerprint density at radius 1 is 1.30 bits per heavy atom. The highest BCUT2D eigenvalue weighted by molar-refractivity contribution is 6.38. The smallest absolute Gasteiger partial charge is 0.265 e. The van der Waals surface area contributed by atoms with Crippen molar-refractivity contribution in [2.45, 2.75) is 53.0 Å². The van der Waals surface area contributed by atoms with E-state index in [9.17, 15) is 4.79 Å². The number of hydrogen-bond donors (Lipinski definition) is 2. The highest BCUT2D eigenvalue weighted by atomic mass is 16.1. The van der Waals surface area contributed by atoms with Crippen LogP contribution in [0.25, 0.3) is 0 Å². The van der Waals surface area contributed by atoms with E-state index >= 15 is 0 Å². The second-order valence-corrected chi connectivity index (χ2v) is 8.07. The minimum Gasteiger partial charge on any atom is -0.348 e. The first-order chi connectivity index (χ1) is 14.4. The maximum absolute atomic E-state index is 12.7. The summed E-state index contributed by atoms with van der Waals surface area (Å²) in [4.78, 5) is 24.3. The largest absolute Gasteiger partial charge is 0.348 e. The van der Waals surface area contributed by atoms with Crippen molar-refractivity contribution in [1.29, 1.82) is 0 Å². The van der Waals surface area contributed by atoms with Gasteiger partial charge in [0.25, 0.3) is 5.91 Å². The molecule has 0 radical (unpaired) electrons. The first-order valence-electron chi connectivity index (χ1n) is 10.7. The van der Waals surface area contributed by atoms with Crippen LogP contribution in [0, 0.1) is 6.92 Å². The number of piperidine rings is 1. The van der Waals surface area contributed by atoms with E-state index in [1.165, 1.54) is 11.1 Å². The zero-order valence-electron chi connectivity index (χ0n) is 18.6. The van der Waals surface area contributed by atoms with E-state index in [1.54, 1.807) is 13.1 Å². The standard InChI is InChI=1S/C24H33N5O/c1-6-26-23(29-14-11-19-15-17(4)7-8-21(19)29)22(16(2)3)27-18(5)24(30)28-20-9-12-25-13-10-20/h6-8,15,20,25H,2,9-14H2,1,3-5H3,(H,28,30)/b23-22-,26-6-,27-18+. The van der Waals surface area contributed by atoms with Crippen molar-refractivity contribution in [3.05, 3.63) is 53.0 Å². The number of allylic oxidation sites excluding steroid dienone is 1. The summed E-state index contributed by atoms with van der Waals surface area (Å²) in [7, 11) is 0. The molecule has 6 nitrogen and oxygen atoms in total. The van der Waals surface area contributed by atoms with Crippen LogP contribution in [0.3, 0.4) is 0 Å². The highest BCUT2D eigenvalue weighted by Gasteiger charge is 2.25. The van der Waals surface area contributed by atoms with Crippen molar-refractivity contribution in [3.63, 3.8) is 0 Å². The van der Waals surface area contributed by atoms with Crippen molar-refractivity contribution in [3.8, 4) is 0 Å². The number of nitrogens with zero attached hydrogens (tertiary/aromatic N) is 3. The van der Waals surface area contributed by atoms with Gasteiger partial charge in [-0.25, -0.2) is 9.98 Å². The van der Waals surface area contributed by atoms with Crippen LogP contribution in [0.2, 0.25) is 0 Å². The first kappa shape index (κ1) is 22.0. The molecular formula is C24H33N5O. The third-order valence-corrected chi connectivity index (χ3v) is 5.54. The number of nitrogens with one attached hydrogen (secondary N) is 2. The lowest BCUT2D eigenvalue weighted by Crippen LogP contribution is -2.44. The highest BCUT2D eigenvalue weighted by Crippen LogP contribution is 2.34. The van der Waals surface area contributed by atoms with E-state index < -0.39 is 0 Å². The average Bonchev–Trinajstić information content (AvgIpc) is 3.13. The number of carbonyl (C=O) groups is 1. The molecule has 0 unspecified atom stereocenters. The minimum absolute atomic E-state index is 0.127. The molecular weight excluding hydrogens is 374 g/mol. The van der Waals surface area contributed by atoms with Crippen LogP contribution in [0.1, 0.15) is 44.7 Å². The molecule has 1 saturated heterocycles. The molecule has 1 aromatic rings. The van der Waals surface area contributed by atoms with E-state index in [0.29, 0.717) is 11.4 Å². The summed E-state index contributed by atoms with van der Waals surface area (Å²) >= 11 is 0. The number of amides is 1. The van der Waals surface area contributed by atoms with E-state index in [1.807, 2.05) is 13.8 Å². The molecule has 2 aliphatic heterocycles. The Balaban J connectivity index is 1.93. The molecule has 0 aromatic heterocycles. The van der Waals surface area contributed by atoms with Gasteiger partial charge in [-0.3, -0.25) is 4.79 Å². The van der Waals surface area contributed by atoms with Gasteiger partial charge in [0.2, 0.25) is 0 Å². The molecule has 6 heteroatoms. The predicted octanol–water partition coefficient (Wildman–Crippen LogP) is 3.52. The molecule has 0 atom stereocenters. The van der Waals surface area contributed by atoms with Gasteiger partial charge in [0, 0.05) is 24.5 Å². The van der Waals surface area contributed by atoms with Crippen LogP contribution in [0.5, 0.6) is 0 Å². The summed E-state index contributed by atoms with van der Waals surface area (Å²) in [6.45, 7) is 14.5. The lowest BCUT2D eigenvalue weighted by Gasteiger charge is -2.24. The van der Waals surface area contributed by atoms with Crippen molar-refractivity contribution in [2.75, 3.05) is 24.5 Å². The Bertz CT molecular complexity index is 906. The van der Waals surface area contributed by atoms with Gasteiger partial charge in [0.1, 0.15) is 11.4 Å². The van der Waals surface area contributed by atoms with Crippen molar-refractivity contribution < 1.29 is 4.79 Å². The molecule has 2 aliphatic rings. The summed E-state index contributed by atoms with van der Waals surface area (Å²) in [5.41, 5.74) is 5.57. The van der Waals surface area contributed by atoms with E-state index in [2.05, 4.69) is 52.2 Å². The molecule has 0 spiro atoms. The second-order valence-electron chi connectivity index (χ2n) is 8.07. The van der Waals surface area contributed by atoms with Gasteiger partial charge in [-0.15, -0.1) is 0 Å². The van der Waals surface area contributed by atoms with Crippen LogP contribution in [0.4, 0.5) is 5.69 Å². The number of fused-ring (bicyclic) bond motifs is 1. The van der Waals surface area contributed by atoms with Gasteiger partial charge >= 0.3 is 0 Å². The molecule has 1 fully saturated rings. The van der Waals surface area contributed by atoms with Gasteiger partial charge < -0.3 is 15.5 Å². The lowest BCUT2D eigenvalue weighted by atomic mass is 10.1. The maximum Gasteiger partial charge on any atom is 0.265 e. The van der Waals surface area contributed by atoms with Crippen molar-refractivity contribution in [1.82, 2.24) is 10.6 Å². The van der Waals surface area contributed by atoms with Gasteiger partial charge in [-0.05, 0) is 77.2 Å². The van der Waals surface area contributed by atoms with Crippen LogP contribution < -0.4 is 15.5 Å². The summed E-state index contributed by atoms with van der Waals surface area (Å²) in [6, 6.07) is 6.68. The van der Waals surface area contributed by atoms with Gasteiger partial charge in [0.15, 0.2) is 5.82 Å². The van der Waals surface area contributed by atoms with Gasteiger partial charge in [0.05, 0.1) is 0 Å². The topological polar surface area (TPSA) is 69.1 Å². The Morgan fingerprint density at radius 2 is 2.03 bits per heavy atom. The molecule has 2 N–H and O–H groups in total. The number of aliphatic imine (C=N–C) groups is 2. The number of benzene rings is 1. The Labute approximate surface area is 179 Å². The van der Waals surface area contributed by atoms with Gasteiger partial charge in [-0.1, -0.05) is 24.3 Å². The Morgan fingerprint density at radius 3 is 2.70 bits per heavy atom. The SMILES string of the molecule is C=C(C)C(/N=C(\C)C(=O)NC1CCNCC1)=C(\N=C/C)N1CCc2cc(C)ccc21. The molecule has 1 aromatic carbocycles.